The van der Waals surface area contributed by atoms with E-state index in [1.54, 1.807) is 11.8 Å². The normalized spacial score (nSPS) is 10.5. The van der Waals surface area contributed by atoms with Crippen molar-refractivity contribution in [2.75, 3.05) is 12.9 Å². The lowest BCUT2D eigenvalue weighted by Crippen LogP contribution is -1.97. The Bertz CT molecular complexity index is 510. The molecule has 1 aromatic heterocycles. The second-order valence-electron chi connectivity index (χ2n) is 3.44. The van der Waals surface area contributed by atoms with Gasteiger partial charge in [-0.25, -0.2) is 0 Å². The molecule has 0 saturated heterocycles. The first-order valence-electron chi connectivity index (χ1n) is 5.41. The number of rotatable bonds is 4. The van der Waals surface area contributed by atoms with Crippen LogP contribution in [-0.4, -0.2) is 17.4 Å². The molecule has 0 aliphatic carbocycles. The number of benzene rings is 1. The molecule has 0 unspecified atom stereocenters. The second kappa shape index (κ2) is 5.52. The Kier molecular flexibility index (Phi) is 4.02. The molecular weight excluding hydrogens is 254 g/mol. The number of ether oxygens (including phenoxy) is 1. The number of nitrogens with zero attached hydrogens (tertiary/aromatic N) is 1. The van der Waals surface area contributed by atoms with Gasteiger partial charge in [0.15, 0.2) is 5.75 Å². The van der Waals surface area contributed by atoms with Crippen molar-refractivity contribution in [3.05, 3.63) is 41.6 Å². The van der Waals surface area contributed by atoms with Gasteiger partial charge in [0.05, 0.1) is 17.3 Å². The van der Waals surface area contributed by atoms with Crippen LogP contribution in [0.5, 0.6) is 5.75 Å². The molecule has 0 radical (unpaired) electrons. The van der Waals surface area contributed by atoms with Gasteiger partial charge >= 0.3 is 0 Å². The van der Waals surface area contributed by atoms with Gasteiger partial charge in [-0.15, -0.1) is 11.8 Å². The van der Waals surface area contributed by atoms with Crippen molar-refractivity contribution >= 4 is 23.4 Å². The summed E-state index contributed by atoms with van der Waals surface area (Å²) in [5.74, 6) is 0.903. The summed E-state index contributed by atoms with van der Waals surface area (Å²) < 4.78 is 7.64. The quantitative estimate of drug-likeness (QED) is 0.769. The van der Waals surface area contributed by atoms with Gasteiger partial charge in [0.25, 0.3) is 0 Å². The molecule has 2 aromatic rings. The molecule has 0 saturated carbocycles. The molecule has 4 heteroatoms. The predicted molar refractivity (Wildman–Crippen MR) is 73.7 cm³/mol. The topological polar surface area (TPSA) is 14.2 Å². The second-order valence-corrected chi connectivity index (χ2v) is 4.65. The highest BCUT2D eigenvalue weighted by Crippen LogP contribution is 2.33. The molecule has 0 bridgehead atoms. The smallest absolute Gasteiger partial charge is 0.151 e. The van der Waals surface area contributed by atoms with Crippen LogP contribution < -0.4 is 4.74 Å². The maximum absolute atomic E-state index is 6.20. The third-order valence-electron chi connectivity index (χ3n) is 2.41. The molecule has 0 atom stereocenters. The van der Waals surface area contributed by atoms with E-state index in [1.165, 1.54) is 0 Å². The Balaban J connectivity index is 2.49. The SMILES string of the molecule is CCOc1ccn(-c2ccccc2Cl)c1SC. The minimum atomic E-state index is 0.667. The van der Waals surface area contributed by atoms with E-state index in [2.05, 4.69) is 4.57 Å². The molecule has 2 rings (SSSR count). The monoisotopic (exact) mass is 267 g/mol. The lowest BCUT2D eigenvalue weighted by molar-refractivity contribution is 0.331. The van der Waals surface area contributed by atoms with E-state index in [4.69, 9.17) is 16.3 Å². The molecule has 2 nitrogen and oxygen atoms in total. The summed E-state index contributed by atoms with van der Waals surface area (Å²) in [5.41, 5.74) is 0.976. The van der Waals surface area contributed by atoms with Gasteiger partial charge < -0.3 is 9.30 Å². The van der Waals surface area contributed by atoms with Crippen LogP contribution in [0, 0.1) is 0 Å². The lowest BCUT2D eigenvalue weighted by Gasteiger charge is -2.10. The zero-order valence-electron chi connectivity index (χ0n) is 9.81. The standard InChI is InChI=1S/C13H14ClNOS/c1-3-16-12-8-9-15(13(12)17-2)11-7-5-4-6-10(11)14/h4-9H,3H2,1-2H3. The van der Waals surface area contributed by atoms with Gasteiger partial charge in [-0.2, -0.15) is 0 Å². The number of para-hydroxylation sites is 1. The molecule has 0 aliphatic rings. The summed E-state index contributed by atoms with van der Waals surface area (Å²) in [5, 5.41) is 1.81. The minimum Gasteiger partial charge on any atom is -0.491 e. The van der Waals surface area contributed by atoms with Crippen LogP contribution in [0.15, 0.2) is 41.6 Å². The third kappa shape index (κ3) is 2.45. The fourth-order valence-electron chi connectivity index (χ4n) is 1.70. The maximum atomic E-state index is 6.20. The number of hydrogen-bond acceptors (Lipinski definition) is 2. The molecular formula is C13H14ClNOS. The average molecular weight is 268 g/mol. The molecule has 1 heterocycles. The molecule has 0 aliphatic heterocycles. The van der Waals surface area contributed by atoms with Crippen LogP contribution in [0.3, 0.4) is 0 Å². The van der Waals surface area contributed by atoms with E-state index in [9.17, 15) is 0 Å². The maximum Gasteiger partial charge on any atom is 0.151 e. The van der Waals surface area contributed by atoms with Crippen LogP contribution in [0.25, 0.3) is 5.69 Å². The van der Waals surface area contributed by atoms with Crippen molar-refractivity contribution < 1.29 is 4.74 Å². The highest BCUT2D eigenvalue weighted by molar-refractivity contribution is 7.98. The molecule has 0 spiro atoms. The van der Waals surface area contributed by atoms with Crippen LogP contribution in [-0.2, 0) is 0 Å². The van der Waals surface area contributed by atoms with Crippen molar-refractivity contribution in [1.29, 1.82) is 0 Å². The Morgan fingerprint density at radius 3 is 2.71 bits per heavy atom. The average Bonchev–Trinajstić information content (AvgIpc) is 2.73. The summed E-state index contributed by atoms with van der Waals surface area (Å²) in [6, 6.07) is 9.76. The number of aromatic nitrogens is 1. The molecule has 0 N–H and O–H groups in total. The Morgan fingerprint density at radius 2 is 2.06 bits per heavy atom. The largest absolute Gasteiger partial charge is 0.491 e. The first-order valence-corrected chi connectivity index (χ1v) is 7.01. The Morgan fingerprint density at radius 1 is 1.29 bits per heavy atom. The van der Waals surface area contributed by atoms with Gasteiger partial charge in [-0.05, 0) is 31.4 Å². The van der Waals surface area contributed by atoms with Crippen LogP contribution >= 0.6 is 23.4 Å². The van der Waals surface area contributed by atoms with E-state index in [0.717, 1.165) is 21.5 Å². The van der Waals surface area contributed by atoms with Crippen molar-refractivity contribution in [3.63, 3.8) is 0 Å². The summed E-state index contributed by atoms with van der Waals surface area (Å²) in [4.78, 5) is 0. The van der Waals surface area contributed by atoms with E-state index in [1.807, 2.05) is 49.7 Å². The van der Waals surface area contributed by atoms with E-state index in [-0.39, 0.29) is 0 Å². The van der Waals surface area contributed by atoms with E-state index in [0.29, 0.717) is 6.61 Å². The fraction of sp³-hybridized carbons (Fsp3) is 0.231. The third-order valence-corrected chi connectivity index (χ3v) is 3.51. The molecule has 90 valence electrons. The summed E-state index contributed by atoms with van der Waals surface area (Å²) in [6.07, 6.45) is 4.02. The van der Waals surface area contributed by atoms with Crippen molar-refractivity contribution in [3.8, 4) is 11.4 Å². The highest BCUT2D eigenvalue weighted by atomic mass is 35.5. The Hall–Kier alpha value is -1.06. The predicted octanol–water partition coefficient (Wildman–Crippen LogP) is 4.25. The minimum absolute atomic E-state index is 0.667. The molecule has 17 heavy (non-hydrogen) atoms. The van der Waals surface area contributed by atoms with Gasteiger partial charge in [-0.1, -0.05) is 23.7 Å². The molecule has 1 aromatic carbocycles. The summed E-state index contributed by atoms with van der Waals surface area (Å²) >= 11 is 7.85. The number of hydrogen-bond donors (Lipinski definition) is 0. The summed E-state index contributed by atoms with van der Waals surface area (Å²) in [7, 11) is 0. The van der Waals surface area contributed by atoms with Gasteiger partial charge in [-0.3, -0.25) is 0 Å². The molecule has 0 amide bonds. The number of halogens is 1. The van der Waals surface area contributed by atoms with Crippen LogP contribution in [0.4, 0.5) is 0 Å². The highest BCUT2D eigenvalue weighted by Gasteiger charge is 2.12. The van der Waals surface area contributed by atoms with Crippen LogP contribution in [0.2, 0.25) is 5.02 Å². The lowest BCUT2D eigenvalue weighted by atomic mass is 10.3. The molecule has 0 fully saturated rings. The van der Waals surface area contributed by atoms with Gasteiger partial charge in [0.2, 0.25) is 0 Å². The first kappa shape index (κ1) is 12.4. The first-order chi connectivity index (χ1) is 8.27. The Labute approximate surface area is 111 Å². The van der Waals surface area contributed by atoms with E-state index >= 15 is 0 Å². The van der Waals surface area contributed by atoms with Crippen LogP contribution in [0.1, 0.15) is 6.92 Å². The van der Waals surface area contributed by atoms with Crippen molar-refractivity contribution in [1.82, 2.24) is 4.57 Å². The van der Waals surface area contributed by atoms with Gasteiger partial charge in [0.1, 0.15) is 5.03 Å². The summed E-state index contributed by atoms with van der Waals surface area (Å²) in [6.45, 7) is 2.65. The van der Waals surface area contributed by atoms with Gasteiger partial charge in [0, 0.05) is 6.20 Å². The van der Waals surface area contributed by atoms with Crippen molar-refractivity contribution in [2.45, 2.75) is 11.9 Å². The fourth-order valence-corrected chi connectivity index (χ4v) is 2.61. The zero-order valence-corrected chi connectivity index (χ0v) is 11.4. The van der Waals surface area contributed by atoms with Crippen molar-refractivity contribution in [2.24, 2.45) is 0 Å². The van der Waals surface area contributed by atoms with E-state index < -0.39 is 0 Å². The zero-order chi connectivity index (χ0) is 12.3. The number of thioether (sulfide) groups is 1.